The molecule has 5 nitrogen and oxygen atoms in total. The molecule has 112 valence electrons. The van der Waals surface area contributed by atoms with Crippen LogP contribution in [0.3, 0.4) is 0 Å². The van der Waals surface area contributed by atoms with Crippen LogP contribution in [0.1, 0.15) is 13.8 Å². The van der Waals surface area contributed by atoms with Crippen LogP contribution >= 0.6 is 18.0 Å². The number of rotatable bonds is 6. The molecule has 19 heavy (non-hydrogen) atoms. The van der Waals surface area contributed by atoms with Gasteiger partial charge in [-0.1, -0.05) is 31.1 Å². The zero-order chi connectivity index (χ0) is 15.5. The van der Waals surface area contributed by atoms with Crippen molar-refractivity contribution in [1.29, 1.82) is 0 Å². The highest BCUT2D eigenvalue weighted by Gasteiger charge is 2.55. The average Bonchev–Trinajstić information content (AvgIpc) is 2.22. The minimum Gasteiger partial charge on any atom is -0.276 e. The molecule has 0 rings (SSSR count). The number of sulfonamides is 1. The fourth-order valence-electron chi connectivity index (χ4n) is 1.02. The van der Waals surface area contributed by atoms with Gasteiger partial charge in [-0.05, 0) is 7.05 Å². The smallest absolute Gasteiger partial charge is 0.276 e. The highest BCUT2D eigenvalue weighted by Crippen LogP contribution is 2.61. The van der Waals surface area contributed by atoms with Crippen molar-refractivity contribution in [3.05, 3.63) is 0 Å². The summed E-state index contributed by atoms with van der Waals surface area (Å²) in [5, 5.41) is 1.78. The Morgan fingerprint density at radius 2 is 1.95 bits per heavy atom. The van der Waals surface area contributed by atoms with Gasteiger partial charge in [-0.3, -0.25) is 4.57 Å². The van der Waals surface area contributed by atoms with Crippen LogP contribution in [-0.4, -0.2) is 36.8 Å². The summed E-state index contributed by atoms with van der Waals surface area (Å²) in [6, 6.07) is 0. The van der Waals surface area contributed by atoms with Gasteiger partial charge in [0.25, 0.3) is 6.65 Å². The van der Waals surface area contributed by atoms with E-state index in [1.165, 1.54) is 0 Å². The van der Waals surface area contributed by atoms with E-state index in [-0.39, 0.29) is 9.33 Å². The van der Waals surface area contributed by atoms with Crippen LogP contribution < -0.4 is 5.09 Å². The second kappa shape index (κ2) is 6.50. The minimum atomic E-state index is -5.77. The van der Waals surface area contributed by atoms with Crippen LogP contribution in [0.5, 0.6) is 0 Å². The summed E-state index contributed by atoms with van der Waals surface area (Å²) >= 11 is 0.589. The summed E-state index contributed by atoms with van der Waals surface area (Å²) in [6.07, 6.45) is 4.87. The van der Waals surface area contributed by atoms with E-state index in [1.807, 2.05) is 0 Å². The summed E-state index contributed by atoms with van der Waals surface area (Å²) in [6.45, 7) is -1.84. The third-order valence-electron chi connectivity index (χ3n) is 1.73. The molecule has 0 radical (unpaired) electrons. The van der Waals surface area contributed by atoms with Crippen LogP contribution in [0.15, 0.2) is 0 Å². The number of nitrogens with zero attached hydrogens (tertiary/aromatic N) is 1. The molecule has 1 unspecified atom stereocenters. The molecule has 0 aliphatic heterocycles. The van der Waals surface area contributed by atoms with Crippen molar-refractivity contribution in [3.8, 4) is 12.3 Å². The number of hydrogen-bond donors (Lipinski definition) is 1. The molecule has 0 aromatic carbocycles. The highest BCUT2D eigenvalue weighted by atomic mass is 32.7. The Balaban J connectivity index is 5.82. The topological polar surface area (TPSA) is 66.5 Å². The van der Waals surface area contributed by atoms with Gasteiger partial charge in [0.1, 0.15) is 0 Å². The average molecular weight is 338 g/mol. The van der Waals surface area contributed by atoms with Crippen LogP contribution in [0, 0.1) is 12.3 Å². The first kappa shape index (κ1) is 18.8. The summed E-state index contributed by atoms with van der Waals surface area (Å²) < 4.78 is 72.7. The Morgan fingerprint density at radius 1 is 1.47 bits per heavy atom. The Kier molecular flexibility index (Phi) is 6.43. The fraction of sp³-hybridized carbons (Fsp3) is 0.750. The standard InChI is InChI=1S/C8H14F3N2O3PS2/c1-5-6-13(19(15,16)8(9,10)11)17(14,12-4)18-7(2)3/h1,7H,6H2,2-4H3,(H,12,14). The van der Waals surface area contributed by atoms with Crippen LogP contribution in [0.25, 0.3) is 0 Å². The van der Waals surface area contributed by atoms with E-state index in [2.05, 4.69) is 5.09 Å². The number of terminal acetylenes is 1. The molecule has 0 fully saturated rings. The van der Waals surface area contributed by atoms with Gasteiger partial charge in [0.05, 0.1) is 6.54 Å². The summed E-state index contributed by atoms with van der Waals surface area (Å²) in [5.74, 6) is 1.78. The maximum Gasteiger partial charge on any atom is 0.512 e. The molecule has 0 aliphatic rings. The first-order chi connectivity index (χ1) is 8.42. The zero-order valence-electron chi connectivity index (χ0n) is 10.4. The van der Waals surface area contributed by atoms with Crippen molar-refractivity contribution in [1.82, 2.24) is 9.16 Å². The van der Waals surface area contributed by atoms with Crippen molar-refractivity contribution in [3.63, 3.8) is 0 Å². The van der Waals surface area contributed by atoms with Gasteiger partial charge in [0, 0.05) is 5.25 Å². The van der Waals surface area contributed by atoms with Gasteiger partial charge < -0.3 is 0 Å². The molecule has 0 amide bonds. The zero-order valence-corrected chi connectivity index (χ0v) is 13.0. The Labute approximate surface area is 114 Å². The molecule has 0 spiro atoms. The Morgan fingerprint density at radius 3 is 2.21 bits per heavy atom. The van der Waals surface area contributed by atoms with Gasteiger partial charge in [-0.25, -0.2) is 13.5 Å². The van der Waals surface area contributed by atoms with Crippen molar-refractivity contribution in [2.75, 3.05) is 13.6 Å². The molecule has 1 N–H and O–H groups in total. The lowest BCUT2D eigenvalue weighted by Gasteiger charge is -2.29. The molecule has 0 aromatic rings. The van der Waals surface area contributed by atoms with E-state index in [4.69, 9.17) is 6.42 Å². The third kappa shape index (κ3) is 4.39. The fourth-order valence-corrected chi connectivity index (χ4v) is 8.09. The quantitative estimate of drug-likeness (QED) is 0.594. The van der Waals surface area contributed by atoms with E-state index in [9.17, 15) is 26.2 Å². The molecule has 1 atom stereocenters. The lowest BCUT2D eigenvalue weighted by atomic mass is 10.6. The van der Waals surface area contributed by atoms with Gasteiger partial charge in [-0.15, -0.1) is 10.5 Å². The van der Waals surface area contributed by atoms with E-state index in [1.54, 1.807) is 19.8 Å². The molecular formula is C8H14F3N2O3PS2. The summed E-state index contributed by atoms with van der Waals surface area (Å²) in [5.41, 5.74) is -5.56. The molecule has 11 heteroatoms. The maximum atomic E-state index is 12.6. The molecule has 0 heterocycles. The highest BCUT2D eigenvalue weighted by molar-refractivity contribution is 8.58. The molecule has 0 saturated heterocycles. The number of nitrogens with one attached hydrogen (secondary N) is 1. The van der Waals surface area contributed by atoms with Gasteiger partial charge >= 0.3 is 15.5 Å². The monoisotopic (exact) mass is 338 g/mol. The summed E-state index contributed by atoms with van der Waals surface area (Å²) in [4.78, 5) is 0. The normalized spacial score (nSPS) is 16.4. The minimum absolute atomic E-state index is 0.190. The lowest BCUT2D eigenvalue weighted by Crippen LogP contribution is -2.40. The van der Waals surface area contributed by atoms with Crippen LogP contribution in [0.2, 0.25) is 0 Å². The van der Waals surface area contributed by atoms with Crippen LogP contribution in [-0.2, 0) is 14.6 Å². The molecule has 0 aromatic heterocycles. The van der Waals surface area contributed by atoms with Gasteiger partial charge in [0.15, 0.2) is 0 Å². The Bertz CT molecular complexity index is 498. The van der Waals surface area contributed by atoms with Crippen molar-refractivity contribution in [2.45, 2.75) is 24.6 Å². The van der Waals surface area contributed by atoms with Crippen molar-refractivity contribution >= 4 is 28.1 Å². The van der Waals surface area contributed by atoms with Crippen molar-refractivity contribution in [2.24, 2.45) is 0 Å². The summed E-state index contributed by atoms with van der Waals surface area (Å²) in [7, 11) is -4.66. The second-order valence-corrected chi connectivity index (χ2v) is 10.9. The molecule has 0 bridgehead atoms. The van der Waals surface area contributed by atoms with Crippen molar-refractivity contribution < 1.29 is 26.2 Å². The molecule has 0 aliphatic carbocycles. The third-order valence-corrected chi connectivity index (χ3v) is 9.90. The van der Waals surface area contributed by atoms with Gasteiger partial charge in [0.2, 0.25) is 0 Å². The molecule has 0 saturated carbocycles. The second-order valence-electron chi connectivity index (χ2n) is 3.53. The SMILES string of the molecule is C#CCN(P(=O)(NC)SC(C)C)S(=O)(=O)C(F)(F)F. The first-order valence-corrected chi connectivity index (χ1v) is 9.51. The predicted octanol–water partition coefficient (Wildman–Crippen LogP) is 2.24. The van der Waals surface area contributed by atoms with E-state index in [0.29, 0.717) is 11.4 Å². The first-order valence-electron chi connectivity index (χ1n) is 4.92. The predicted molar refractivity (Wildman–Crippen MR) is 69.9 cm³/mol. The van der Waals surface area contributed by atoms with E-state index in [0.717, 1.165) is 7.05 Å². The number of halogens is 3. The van der Waals surface area contributed by atoms with E-state index < -0.39 is 28.7 Å². The van der Waals surface area contributed by atoms with E-state index >= 15 is 0 Å². The lowest BCUT2D eigenvalue weighted by molar-refractivity contribution is -0.0467. The number of hydrogen-bond acceptors (Lipinski definition) is 4. The molecular weight excluding hydrogens is 324 g/mol. The van der Waals surface area contributed by atoms with Gasteiger partial charge in [-0.2, -0.15) is 13.2 Å². The largest absolute Gasteiger partial charge is 0.512 e. The van der Waals surface area contributed by atoms with Crippen LogP contribution in [0.4, 0.5) is 13.2 Å². The Hall–Kier alpha value is -0.200. The maximum absolute atomic E-state index is 12.6. The number of alkyl halides is 3.